The number of nitrogens with zero attached hydrogens (tertiary/aromatic N) is 3. The molecule has 0 bridgehead atoms. The van der Waals surface area contributed by atoms with Gasteiger partial charge < -0.3 is 14.2 Å². The first-order valence-electron chi connectivity index (χ1n) is 14.8. The monoisotopic (exact) mass is 679 g/mol. The minimum Gasteiger partial charge on any atom is -0.493 e. The number of esters is 1. The molecule has 4 aromatic carbocycles. The van der Waals surface area contributed by atoms with Gasteiger partial charge in [-0.15, -0.1) is 0 Å². The van der Waals surface area contributed by atoms with Crippen molar-refractivity contribution in [3.63, 3.8) is 0 Å². The normalized spacial score (nSPS) is 14.1. The number of nitriles is 1. The molecule has 0 saturated heterocycles. The number of carbonyl (C=O) groups excluding carboxylic acids is 1. The predicted molar refractivity (Wildman–Crippen MR) is 181 cm³/mol. The van der Waals surface area contributed by atoms with Crippen molar-refractivity contribution < 1.29 is 23.4 Å². The summed E-state index contributed by atoms with van der Waals surface area (Å²) < 4.78 is 32.8. The topological polar surface area (TPSA) is 103 Å². The average Bonchev–Trinajstić information content (AvgIpc) is 3.41. The van der Waals surface area contributed by atoms with Crippen molar-refractivity contribution in [2.75, 3.05) is 13.7 Å². The van der Waals surface area contributed by atoms with E-state index >= 15 is 0 Å². The summed E-state index contributed by atoms with van der Waals surface area (Å²) in [5.41, 5.74) is 3.02. The Morgan fingerprint density at radius 3 is 2.52 bits per heavy atom. The number of hydrogen-bond acceptors (Lipinski definition) is 8. The van der Waals surface area contributed by atoms with E-state index in [2.05, 4.69) is 6.07 Å². The highest BCUT2D eigenvalue weighted by molar-refractivity contribution is 7.07. The summed E-state index contributed by atoms with van der Waals surface area (Å²) in [6.45, 7) is 1.90. The van der Waals surface area contributed by atoms with Crippen molar-refractivity contribution in [3.05, 3.63) is 155 Å². The highest BCUT2D eigenvalue weighted by atomic mass is 35.5. The van der Waals surface area contributed by atoms with Crippen molar-refractivity contribution in [2.24, 2.45) is 4.99 Å². The molecule has 1 atom stereocenters. The number of ether oxygens (including phenoxy) is 3. The summed E-state index contributed by atoms with van der Waals surface area (Å²) in [5.74, 6) is -0.471. The Morgan fingerprint density at radius 1 is 1.08 bits per heavy atom. The molecule has 0 radical (unpaired) electrons. The lowest BCUT2D eigenvalue weighted by atomic mass is 9.93. The van der Waals surface area contributed by atoms with Gasteiger partial charge in [0.2, 0.25) is 0 Å². The van der Waals surface area contributed by atoms with Crippen LogP contribution in [0.15, 0.2) is 106 Å². The number of hydrogen-bond donors (Lipinski definition) is 0. The smallest absolute Gasteiger partial charge is 0.338 e. The molecule has 1 aliphatic rings. The Labute approximate surface area is 283 Å². The molecule has 0 saturated carbocycles. The van der Waals surface area contributed by atoms with Gasteiger partial charge in [0.15, 0.2) is 16.3 Å². The van der Waals surface area contributed by atoms with Gasteiger partial charge in [0.25, 0.3) is 5.56 Å². The fourth-order valence-corrected chi connectivity index (χ4v) is 6.70. The minimum absolute atomic E-state index is 0.0910. The maximum absolute atomic E-state index is 14.2. The van der Waals surface area contributed by atoms with E-state index in [-0.39, 0.29) is 29.6 Å². The highest BCUT2D eigenvalue weighted by Crippen LogP contribution is 2.38. The number of carbonyl (C=O) groups is 1. The lowest BCUT2D eigenvalue weighted by Gasteiger charge is -2.25. The number of benzene rings is 4. The van der Waals surface area contributed by atoms with Crippen LogP contribution >= 0.6 is 22.9 Å². The largest absolute Gasteiger partial charge is 0.493 e. The minimum atomic E-state index is -0.941. The number of halogens is 2. The second kappa shape index (κ2) is 14.1. The van der Waals surface area contributed by atoms with Crippen molar-refractivity contribution in [3.8, 4) is 17.6 Å². The van der Waals surface area contributed by atoms with Crippen molar-refractivity contribution >= 4 is 40.7 Å². The van der Waals surface area contributed by atoms with Crippen molar-refractivity contribution in [2.45, 2.75) is 19.6 Å². The molecule has 0 amide bonds. The SMILES string of the molecule is CCOC(=O)C1=C(c2ccccc2)N=c2s/c(=C\c3cc(Cl)c(OCc4ccccc4C#N)c(OC)c3)c(=O)n2[C@H]1c1ccc(F)cc1. The second-order valence-corrected chi connectivity index (χ2v) is 12.0. The van der Waals surface area contributed by atoms with E-state index in [4.69, 9.17) is 30.8 Å². The van der Waals surface area contributed by atoms with E-state index in [0.717, 1.165) is 11.3 Å². The van der Waals surface area contributed by atoms with Gasteiger partial charge in [0.1, 0.15) is 12.4 Å². The number of fused-ring (bicyclic) bond motifs is 1. The fourth-order valence-electron chi connectivity index (χ4n) is 5.42. The third-order valence-electron chi connectivity index (χ3n) is 7.62. The Balaban J connectivity index is 1.49. The zero-order valence-corrected chi connectivity index (χ0v) is 27.3. The lowest BCUT2D eigenvalue weighted by Crippen LogP contribution is -2.40. The molecule has 0 spiro atoms. The van der Waals surface area contributed by atoms with E-state index in [9.17, 15) is 19.2 Å². The van der Waals surface area contributed by atoms with Crippen LogP contribution in [0, 0.1) is 17.1 Å². The summed E-state index contributed by atoms with van der Waals surface area (Å²) in [7, 11) is 1.48. The van der Waals surface area contributed by atoms with Gasteiger partial charge in [0, 0.05) is 11.1 Å². The van der Waals surface area contributed by atoms with E-state index in [1.165, 1.54) is 23.8 Å². The van der Waals surface area contributed by atoms with Gasteiger partial charge in [-0.25, -0.2) is 14.2 Å². The first-order chi connectivity index (χ1) is 23.3. The van der Waals surface area contributed by atoms with Crippen LogP contribution in [0.25, 0.3) is 11.8 Å². The molecule has 11 heteroatoms. The third-order valence-corrected chi connectivity index (χ3v) is 8.88. The highest BCUT2D eigenvalue weighted by Gasteiger charge is 2.35. The number of methoxy groups -OCH3 is 1. The van der Waals surface area contributed by atoms with Crippen LogP contribution in [-0.2, 0) is 16.1 Å². The fraction of sp³-hybridized carbons (Fsp3) is 0.135. The molecular weight excluding hydrogens is 653 g/mol. The summed E-state index contributed by atoms with van der Waals surface area (Å²) in [5, 5.41) is 9.67. The number of aromatic nitrogens is 1. The van der Waals surface area contributed by atoms with E-state index in [1.807, 2.05) is 36.4 Å². The average molecular weight is 680 g/mol. The second-order valence-electron chi connectivity index (χ2n) is 10.6. The Kier molecular flexibility index (Phi) is 9.52. The maximum Gasteiger partial charge on any atom is 0.338 e. The molecule has 48 heavy (non-hydrogen) atoms. The van der Waals surface area contributed by atoms with Crippen LogP contribution in [0.3, 0.4) is 0 Å². The quantitative estimate of drug-likeness (QED) is 0.172. The first-order valence-corrected chi connectivity index (χ1v) is 16.0. The molecule has 0 unspecified atom stereocenters. The molecule has 240 valence electrons. The molecule has 5 aromatic rings. The molecule has 0 fully saturated rings. The van der Waals surface area contributed by atoms with Crippen molar-refractivity contribution in [1.82, 2.24) is 4.57 Å². The molecule has 0 N–H and O–H groups in total. The lowest BCUT2D eigenvalue weighted by molar-refractivity contribution is -0.138. The molecule has 0 aliphatic carbocycles. The summed E-state index contributed by atoms with van der Waals surface area (Å²) >= 11 is 7.81. The standard InChI is InChI=1S/C37H27ClFN3O5S/c1-3-46-36(44)31-32(23-9-5-4-6-10-23)41-37-42(33(31)24-13-15-27(39)16-14-24)35(43)30(48-37)19-22-17-28(38)34(29(18-22)45-2)47-21-26-12-8-7-11-25(26)20-40/h4-19,33H,3,21H2,1-2H3/b30-19-/t33-/m0/s1. The number of thiazole rings is 1. The van der Waals surface area contributed by atoms with Crippen molar-refractivity contribution in [1.29, 1.82) is 5.26 Å². The summed E-state index contributed by atoms with van der Waals surface area (Å²) in [6, 6.07) is 26.4. The van der Waals surface area contributed by atoms with Gasteiger partial charge in [-0.1, -0.05) is 83.6 Å². The van der Waals surface area contributed by atoms with E-state index in [1.54, 1.807) is 55.5 Å². The molecule has 2 heterocycles. The van der Waals surface area contributed by atoms with Crippen LogP contribution in [0.1, 0.15) is 40.8 Å². The molecule has 1 aromatic heterocycles. The summed E-state index contributed by atoms with van der Waals surface area (Å²) in [4.78, 5) is 32.9. The zero-order valence-electron chi connectivity index (χ0n) is 25.8. The van der Waals surface area contributed by atoms with E-state index < -0.39 is 23.4 Å². The van der Waals surface area contributed by atoms with Gasteiger partial charge in [0.05, 0.1) is 52.2 Å². The Bertz CT molecular complexity index is 2280. The summed E-state index contributed by atoms with van der Waals surface area (Å²) in [6.07, 6.45) is 1.66. The van der Waals surface area contributed by atoms with Gasteiger partial charge in [-0.05, 0) is 54.5 Å². The van der Waals surface area contributed by atoms with Crippen LogP contribution in [0.2, 0.25) is 5.02 Å². The van der Waals surface area contributed by atoms with E-state index in [0.29, 0.717) is 48.6 Å². The van der Waals surface area contributed by atoms with Crippen LogP contribution in [-0.4, -0.2) is 24.3 Å². The van der Waals surface area contributed by atoms with Gasteiger partial charge >= 0.3 is 5.97 Å². The van der Waals surface area contributed by atoms with Crippen LogP contribution in [0.5, 0.6) is 11.5 Å². The maximum atomic E-state index is 14.2. The molecular formula is C37H27ClFN3O5S. The van der Waals surface area contributed by atoms with Gasteiger partial charge in [-0.3, -0.25) is 9.36 Å². The molecule has 8 nitrogen and oxygen atoms in total. The zero-order chi connectivity index (χ0) is 33.8. The molecule has 1 aliphatic heterocycles. The third kappa shape index (κ3) is 6.38. The Morgan fingerprint density at radius 2 is 1.81 bits per heavy atom. The predicted octanol–water partition coefficient (Wildman–Crippen LogP) is 6.19. The number of rotatable bonds is 9. The Hall–Kier alpha value is -5.50. The van der Waals surface area contributed by atoms with Crippen LogP contribution in [0.4, 0.5) is 4.39 Å². The first kappa shape index (κ1) is 32.4. The van der Waals surface area contributed by atoms with Gasteiger partial charge in [-0.2, -0.15) is 5.26 Å². The van der Waals surface area contributed by atoms with Crippen LogP contribution < -0.4 is 24.4 Å². The molecule has 6 rings (SSSR count).